The van der Waals surface area contributed by atoms with Gasteiger partial charge in [0.2, 0.25) is 0 Å². The molecule has 2 heteroatoms. The summed E-state index contributed by atoms with van der Waals surface area (Å²) in [5, 5.41) is 0. The molecule has 1 saturated carbocycles. The Morgan fingerprint density at radius 1 is 1.67 bits per heavy atom. The quantitative estimate of drug-likeness (QED) is 0.534. The van der Waals surface area contributed by atoms with E-state index in [2.05, 4.69) is 38.4 Å². The van der Waals surface area contributed by atoms with Crippen molar-refractivity contribution in [1.29, 1.82) is 0 Å². The van der Waals surface area contributed by atoms with Crippen LogP contribution in [0.1, 0.15) is 19.3 Å². The van der Waals surface area contributed by atoms with Crippen molar-refractivity contribution in [3.05, 3.63) is 12.7 Å². The fourth-order valence-corrected chi connectivity index (χ4v) is 2.14. The molecule has 1 rings (SSSR count). The lowest BCUT2D eigenvalue weighted by Crippen LogP contribution is -1.86. The Bertz CT molecular complexity index is 118. The Morgan fingerprint density at radius 3 is 2.56 bits per heavy atom. The first-order valence-corrected chi connectivity index (χ1v) is 4.74. The molecule has 1 atom stereocenters. The summed E-state index contributed by atoms with van der Waals surface area (Å²) >= 11 is 7.13. The molecule has 0 N–H and O–H groups in total. The average Bonchev–Trinajstić information content (AvgIpc) is 2.35. The van der Waals surface area contributed by atoms with Gasteiger partial charge in [-0.1, -0.05) is 37.9 Å². The SMILES string of the molecule is C=CCCC1CC1(Br)Br. The second-order valence-electron chi connectivity index (χ2n) is 2.53. The minimum Gasteiger partial charge on any atom is -0.103 e. The molecule has 0 amide bonds. The first-order chi connectivity index (χ1) is 4.17. The van der Waals surface area contributed by atoms with E-state index in [0.29, 0.717) is 3.23 Å². The van der Waals surface area contributed by atoms with E-state index >= 15 is 0 Å². The Balaban J connectivity index is 2.12. The molecule has 52 valence electrons. The van der Waals surface area contributed by atoms with Crippen LogP contribution in [0.3, 0.4) is 0 Å². The van der Waals surface area contributed by atoms with Crippen LogP contribution in [0, 0.1) is 5.92 Å². The van der Waals surface area contributed by atoms with Crippen LogP contribution in [0.25, 0.3) is 0 Å². The summed E-state index contributed by atoms with van der Waals surface area (Å²) in [5.41, 5.74) is 0. The molecule has 1 aliphatic carbocycles. The summed E-state index contributed by atoms with van der Waals surface area (Å²) in [6, 6.07) is 0. The van der Waals surface area contributed by atoms with Crippen LogP contribution >= 0.6 is 31.9 Å². The molecule has 1 fully saturated rings. The average molecular weight is 254 g/mol. The van der Waals surface area contributed by atoms with E-state index in [-0.39, 0.29) is 0 Å². The van der Waals surface area contributed by atoms with Crippen molar-refractivity contribution in [3.8, 4) is 0 Å². The van der Waals surface area contributed by atoms with Crippen LogP contribution in [0.15, 0.2) is 12.7 Å². The standard InChI is InChI=1S/C7H10Br2/c1-2-3-4-6-5-7(6,8)9/h2,6H,1,3-5H2. The van der Waals surface area contributed by atoms with Crippen molar-refractivity contribution < 1.29 is 0 Å². The highest BCUT2D eigenvalue weighted by Crippen LogP contribution is 2.58. The molecule has 0 heterocycles. The summed E-state index contributed by atoms with van der Waals surface area (Å²) in [7, 11) is 0. The second kappa shape index (κ2) is 2.75. The normalized spacial score (nSPS) is 29.8. The van der Waals surface area contributed by atoms with Gasteiger partial charge in [0, 0.05) is 0 Å². The van der Waals surface area contributed by atoms with Crippen LogP contribution in [0.2, 0.25) is 0 Å². The lowest BCUT2D eigenvalue weighted by atomic mass is 10.2. The van der Waals surface area contributed by atoms with E-state index in [4.69, 9.17) is 0 Å². The maximum absolute atomic E-state index is 3.68. The molecule has 1 aliphatic rings. The zero-order valence-electron chi connectivity index (χ0n) is 5.24. The number of halogens is 2. The van der Waals surface area contributed by atoms with Crippen LogP contribution in [-0.2, 0) is 0 Å². The number of alkyl halides is 2. The molecule has 0 radical (unpaired) electrons. The molecular formula is C7H10Br2. The summed E-state index contributed by atoms with van der Waals surface area (Å²) in [4.78, 5) is 0. The van der Waals surface area contributed by atoms with Crippen molar-refractivity contribution in [2.24, 2.45) is 5.92 Å². The van der Waals surface area contributed by atoms with Crippen molar-refractivity contribution >= 4 is 31.9 Å². The zero-order valence-corrected chi connectivity index (χ0v) is 8.41. The number of allylic oxidation sites excluding steroid dienone is 1. The highest BCUT2D eigenvalue weighted by Gasteiger charge is 2.48. The highest BCUT2D eigenvalue weighted by molar-refractivity contribution is 9.25. The van der Waals surface area contributed by atoms with Gasteiger partial charge in [-0.3, -0.25) is 0 Å². The van der Waals surface area contributed by atoms with Gasteiger partial charge in [-0.05, 0) is 25.2 Å². The van der Waals surface area contributed by atoms with Crippen molar-refractivity contribution in [1.82, 2.24) is 0 Å². The van der Waals surface area contributed by atoms with Crippen molar-refractivity contribution in [2.75, 3.05) is 0 Å². The fraction of sp³-hybridized carbons (Fsp3) is 0.714. The zero-order chi connectivity index (χ0) is 6.91. The van der Waals surface area contributed by atoms with Gasteiger partial charge in [-0.15, -0.1) is 6.58 Å². The van der Waals surface area contributed by atoms with E-state index in [1.807, 2.05) is 6.08 Å². The monoisotopic (exact) mass is 252 g/mol. The van der Waals surface area contributed by atoms with Gasteiger partial charge in [0.05, 0.1) is 3.23 Å². The summed E-state index contributed by atoms with van der Waals surface area (Å²) in [5.74, 6) is 0.829. The fourth-order valence-electron chi connectivity index (χ4n) is 0.902. The predicted molar refractivity (Wildman–Crippen MR) is 48.1 cm³/mol. The van der Waals surface area contributed by atoms with Gasteiger partial charge in [0.25, 0.3) is 0 Å². The van der Waals surface area contributed by atoms with E-state index in [9.17, 15) is 0 Å². The topological polar surface area (TPSA) is 0 Å². The van der Waals surface area contributed by atoms with E-state index in [1.165, 1.54) is 12.8 Å². The lowest BCUT2D eigenvalue weighted by molar-refractivity contribution is 0.742. The predicted octanol–water partition coefficient (Wildman–Crippen LogP) is 3.46. The third kappa shape index (κ3) is 2.08. The molecule has 0 spiro atoms. The van der Waals surface area contributed by atoms with Gasteiger partial charge in [-0.2, -0.15) is 0 Å². The maximum atomic E-state index is 3.68. The molecule has 0 saturated heterocycles. The molecule has 0 aromatic heterocycles. The first-order valence-electron chi connectivity index (χ1n) is 3.15. The smallest absolute Gasteiger partial charge is 0.0838 e. The molecule has 0 bridgehead atoms. The Labute approximate surface area is 73.0 Å². The van der Waals surface area contributed by atoms with Crippen molar-refractivity contribution in [3.63, 3.8) is 0 Å². The summed E-state index contributed by atoms with van der Waals surface area (Å²) in [6.07, 6.45) is 5.65. The number of hydrogen-bond acceptors (Lipinski definition) is 0. The van der Waals surface area contributed by atoms with Gasteiger partial charge in [0.15, 0.2) is 0 Å². The maximum Gasteiger partial charge on any atom is 0.0838 e. The Morgan fingerprint density at radius 2 is 2.22 bits per heavy atom. The van der Waals surface area contributed by atoms with Crippen molar-refractivity contribution in [2.45, 2.75) is 22.5 Å². The van der Waals surface area contributed by atoms with Gasteiger partial charge < -0.3 is 0 Å². The molecular weight excluding hydrogens is 244 g/mol. The van der Waals surface area contributed by atoms with Gasteiger partial charge in [-0.25, -0.2) is 0 Å². The molecule has 9 heavy (non-hydrogen) atoms. The van der Waals surface area contributed by atoms with Crippen LogP contribution in [-0.4, -0.2) is 3.23 Å². The van der Waals surface area contributed by atoms with Crippen LogP contribution < -0.4 is 0 Å². The minimum atomic E-state index is 0.295. The molecule has 0 nitrogen and oxygen atoms in total. The highest BCUT2D eigenvalue weighted by atomic mass is 79.9. The minimum absolute atomic E-state index is 0.295. The number of rotatable bonds is 3. The second-order valence-corrected chi connectivity index (χ2v) is 6.42. The Hall–Kier alpha value is 0.700. The largest absolute Gasteiger partial charge is 0.103 e. The van der Waals surface area contributed by atoms with Gasteiger partial charge >= 0.3 is 0 Å². The first kappa shape index (κ1) is 7.80. The molecule has 0 aromatic carbocycles. The molecule has 1 unspecified atom stereocenters. The van der Waals surface area contributed by atoms with Crippen LogP contribution in [0.5, 0.6) is 0 Å². The van der Waals surface area contributed by atoms with E-state index < -0.39 is 0 Å². The third-order valence-electron chi connectivity index (χ3n) is 1.67. The number of hydrogen-bond donors (Lipinski definition) is 0. The van der Waals surface area contributed by atoms with E-state index in [0.717, 1.165) is 12.3 Å². The Kier molecular flexibility index (Phi) is 2.38. The van der Waals surface area contributed by atoms with E-state index in [1.54, 1.807) is 0 Å². The summed E-state index contributed by atoms with van der Waals surface area (Å²) < 4.78 is 0.295. The summed E-state index contributed by atoms with van der Waals surface area (Å²) in [6.45, 7) is 3.68. The lowest BCUT2D eigenvalue weighted by Gasteiger charge is -1.95. The molecule has 0 aliphatic heterocycles. The molecule has 0 aromatic rings. The third-order valence-corrected chi connectivity index (χ3v) is 3.62. The van der Waals surface area contributed by atoms with Gasteiger partial charge in [0.1, 0.15) is 0 Å². The van der Waals surface area contributed by atoms with Crippen LogP contribution in [0.4, 0.5) is 0 Å².